The molecular formula is C28H32N4O6S. The van der Waals surface area contributed by atoms with Gasteiger partial charge in [0, 0.05) is 43.2 Å². The molecule has 39 heavy (non-hydrogen) atoms. The maximum Gasteiger partial charge on any atom is 0.258 e. The predicted octanol–water partition coefficient (Wildman–Crippen LogP) is 2.87. The molecule has 0 fully saturated rings. The summed E-state index contributed by atoms with van der Waals surface area (Å²) < 4.78 is 33.9. The monoisotopic (exact) mass is 552 g/mol. The minimum atomic E-state index is -3.77. The summed E-state index contributed by atoms with van der Waals surface area (Å²) in [5.74, 6) is -0.729. The van der Waals surface area contributed by atoms with Crippen molar-refractivity contribution in [2.75, 3.05) is 32.1 Å². The third kappa shape index (κ3) is 6.27. The number of carbonyl (C=O) groups excluding carboxylic acids is 2. The van der Waals surface area contributed by atoms with Crippen molar-refractivity contribution < 1.29 is 27.9 Å². The van der Waals surface area contributed by atoms with E-state index in [1.165, 1.54) is 41.9 Å². The number of aromatic nitrogens is 1. The Hall–Kier alpha value is -3.80. The quantitative estimate of drug-likeness (QED) is 0.440. The number of aliphatic hydroxyl groups excluding tert-OH is 1. The van der Waals surface area contributed by atoms with Crippen LogP contribution in [0.25, 0.3) is 0 Å². The van der Waals surface area contributed by atoms with Gasteiger partial charge in [-0.3, -0.25) is 14.6 Å². The molecule has 2 amide bonds. The lowest BCUT2D eigenvalue weighted by molar-refractivity contribution is 0.0387. The molecule has 0 bridgehead atoms. The number of fused-ring (bicyclic) bond motifs is 1. The molecule has 0 spiro atoms. The number of hydrogen-bond acceptors (Lipinski definition) is 7. The van der Waals surface area contributed by atoms with Gasteiger partial charge >= 0.3 is 0 Å². The molecule has 10 nitrogen and oxygen atoms in total. The van der Waals surface area contributed by atoms with E-state index in [4.69, 9.17) is 4.74 Å². The van der Waals surface area contributed by atoms with E-state index in [2.05, 4.69) is 10.3 Å². The molecule has 206 valence electrons. The van der Waals surface area contributed by atoms with Crippen LogP contribution in [-0.4, -0.2) is 78.4 Å². The Morgan fingerprint density at radius 3 is 2.54 bits per heavy atom. The van der Waals surface area contributed by atoms with E-state index < -0.39 is 22.2 Å². The van der Waals surface area contributed by atoms with Gasteiger partial charge in [0.2, 0.25) is 10.0 Å². The Balaban J connectivity index is 1.65. The second kappa shape index (κ2) is 11.9. The van der Waals surface area contributed by atoms with Gasteiger partial charge in [-0.15, -0.1) is 0 Å². The summed E-state index contributed by atoms with van der Waals surface area (Å²) in [4.78, 5) is 31.9. The molecule has 3 atom stereocenters. The molecule has 3 aromatic rings. The van der Waals surface area contributed by atoms with Crippen molar-refractivity contribution in [1.29, 1.82) is 0 Å². The standard InChI is InChI=1S/C28H32N4O6S/c1-19-16-32(20(2)18-33)28(35)24-15-22(30-27(34)21-11-13-29-14-12-21)9-10-25(24)38-26(19)17-31(3)39(36,37)23-7-5-4-6-8-23/h4-15,19-20,26,33H,16-18H2,1-3H3,(H,30,34)/t19-,20-,26+/m1/s1. The van der Waals surface area contributed by atoms with Gasteiger partial charge in [0.25, 0.3) is 11.8 Å². The molecule has 0 aliphatic carbocycles. The summed E-state index contributed by atoms with van der Waals surface area (Å²) in [5, 5.41) is 12.7. The van der Waals surface area contributed by atoms with Crippen LogP contribution < -0.4 is 10.1 Å². The van der Waals surface area contributed by atoms with Crippen molar-refractivity contribution in [2.24, 2.45) is 5.92 Å². The second-order valence-corrected chi connectivity index (χ2v) is 11.7. The average molecular weight is 553 g/mol. The van der Waals surface area contributed by atoms with E-state index in [9.17, 15) is 23.1 Å². The minimum Gasteiger partial charge on any atom is -0.488 e. The number of nitrogens with one attached hydrogen (secondary N) is 1. The lowest BCUT2D eigenvalue weighted by Crippen LogP contribution is -2.50. The first-order valence-corrected chi connectivity index (χ1v) is 14.0. The van der Waals surface area contributed by atoms with Gasteiger partial charge in [0.05, 0.1) is 29.7 Å². The highest BCUT2D eigenvalue weighted by atomic mass is 32.2. The van der Waals surface area contributed by atoms with Crippen LogP contribution in [-0.2, 0) is 10.0 Å². The number of anilines is 1. The highest BCUT2D eigenvalue weighted by Crippen LogP contribution is 2.31. The number of pyridine rings is 1. The molecular weight excluding hydrogens is 520 g/mol. The van der Waals surface area contributed by atoms with Crippen LogP contribution in [0, 0.1) is 5.92 Å². The molecule has 1 aromatic heterocycles. The normalized spacial score (nSPS) is 18.5. The first-order chi connectivity index (χ1) is 18.6. The van der Waals surface area contributed by atoms with Crippen LogP contribution in [0.2, 0.25) is 0 Å². The van der Waals surface area contributed by atoms with Crippen molar-refractivity contribution >= 4 is 27.5 Å². The smallest absolute Gasteiger partial charge is 0.258 e. The molecule has 0 radical (unpaired) electrons. The van der Waals surface area contributed by atoms with Gasteiger partial charge in [0.15, 0.2) is 0 Å². The number of ether oxygens (including phenoxy) is 1. The lowest BCUT2D eigenvalue weighted by atomic mass is 9.99. The number of amides is 2. The van der Waals surface area contributed by atoms with Crippen molar-refractivity contribution in [3.05, 3.63) is 84.2 Å². The van der Waals surface area contributed by atoms with E-state index in [1.54, 1.807) is 54.3 Å². The summed E-state index contributed by atoms with van der Waals surface area (Å²) in [6.07, 6.45) is 2.42. The number of carbonyl (C=O) groups is 2. The molecule has 4 rings (SSSR count). The predicted molar refractivity (Wildman–Crippen MR) is 146 cm³/mol. The Morgan fingerprint density at radius 1 is 1.18 bits per heavy atom. The summed E-state index contributed by atoms with van der Waals surface area (Å²) in [7, 11) is -2.28. The fourth-order valence-electron chi connectivity index (χ4n) is 4.35. The average Bonchev–Trinajstić information content (AvgIpc) is 2.95. The highest BCUT2D eigenvalue weighted by molar-refractivity contribution is 7.89. The summed E-state index contributed by atoms with van der Waals surface area (Å²) in [5.41, 5.74) is 0.998. The van der Waals surface area contributed by atoms with Gasteiger partial charge in [0.1, 0.15) is 11.9 Å². The third-order valence-corrected chi connectivity index (χ3v) is 8.59. The van der Waals surface area contributed by atoms with Gasteiger partial charge in [-0.2, -0.15) is 4.31 Å². The molecule has 0 saturated carbocycles. The zero-order valence-corrected chi connectivity index (χ0v) is 22.8. The fourth-order valence-corrected chi connectivity index (χ4v) is 5.55. The van der Waals surface area contributed by atoms with Crippen LogP contribution in [0.1, 0.15) is 34.6 Å². The molecule has 11 heteroatoms. The molecule has 0 saturated heterocycles. The van der Waals surface area contributed by atoms with Crippen LogP contribution in [0.4, 0.5) is 5.69 Å². The van der Waals surface area contributed by atoms with Crippen LogP contribution in [0.3, 0.4) is 0 Å². The first-order valence-electron chi connectivity index (χ1n) is 12.6. The van der Waals surface area contributed by atoms with Crippen molar-refractivity contribution in [3.8, 4) is 5.75 Å². The summed E-state index contributed by atoms with van der Waals surface area (Å²) in [6.45, 7) is 3.64. The zero-order chi connectivity index (χ0) is 28.2. The van der Waals surface area contributed by atoms with Crippen LogP contribution >= 0.6 is 0 Å². The highest BCUT2D eigenvalue weighted by Gasteiger charge is 2.35. The number of hydrogen-bond donors (Lipinski definition) is 2. The topological polar surface area (TPSA) is 129 Å². The first kappa shape index (κ1) is 28.2. The third-order valence-electron chi connectivity index (χ3n) is 6.75. The Morgan fingerprint density at radius 2 is 1.87 bits per heavy atom. The minimum absolute atomic E-state index is 0.0356. The van der Waals surface area contributed by atoms with Crippen molar-refractivity contribution in [1.82, 2.24) is 14.2 Å². The van der Waals surface area contributed by atoms with E-state index in [0.717, 1.165) is 0 Å². The molecule has 1 aliphatic heterocycles. The number of benzene rings is 2. The summed E-state index contributed by atoms with van der Waals surface area (Å²) in [6, 6.07) is 15.6. The van der Waals surface area contributed by atoms with Crippen LogP contribution in [0.5, 0.6) is 5.75 Å². The zero-order valence-electron chi connectivity index (χ0n) is 22.0. The van der Waals surface area contributed by atoms with Gasteiger partial charge < -0.3 is 20.1 Å². The van der Waals surface area contributed by atoms with Crippen LogP contribution in [0.15, 0.2) is 78.0 Å². The van der Waals surface area contributed by atoms with Crippen molar-refractivity contribution in [2.45, 2.75) is 30.9 Å². The van der Waals surface area contributed by atoms with Crippen molar-refractivity contribution in [3.63, 3.8) is 0 Å². The number of aliphatic hydroxyl groups is 1. The Bertz CT molecular complexity index is 1420. The fraction of sp³-hybridized carbons (Fsp3) is 0.321. The maximum absolute atomic E-state index is 13.6. The Labute approximate surface area is 228 Å². The number of rotatable bonds is 8. The molecule has 2 N–H and O–H groups in total. The molecule has 2 aromatic carbocycles. The largest absolute Gasteiger partial charge is 0.488 e. The molecule has 0 unspecified atom stereocenters. The molecule has 2 heterocycles. The second-order valence-electron chi connectivity index (χ2n) is 9.62. The van der Waals surface area contributed by atoms with Gasteiger partial charge in [-0.1, -0.05) is 25.1 Å². The lowest BCUT2D eigenvalue weighted by Gasteiger charge is -2.38. The van der Waals surface area contributed by atoms with E-state index in [1.807, 2.05) is 6.92 Å². The van der Waals surface area contributed by atoms with Gasteiger partial charge in [-0.05, 0) is 49.4 Å². The Kier molecular flexibility index (Phi) is 8.63. The van der Waals surface area contributed by atoms with E-state index in [-0.39, 0.29) is 53.6 Å². The van der Waals surface area contributed by atoms with E-state index in [0.29, 0.717) is 11.3 Å². The van der Waals surface area contributed by atoms with E-state index >= 15 is 0 Å². The molecule has 1 aliphatic rings. The summed E-state index contributed by atoms with van der Waals surface area (Å²) >= 11 is 0. The maximum atomic E-state index is 13.6. The van der Waals surface area contributed by atoms with Gasteiger partial charge in [-0.25, -0.2) is 8.42 Å². The SMILES string of the molecule is C[C@@H]1CN([C@H](C)CO)C(=O)c2cc(NC(=O)c3ccncc3)ccc2O[C@H]1CN(C)S(=O)(=O)c1ccccc1. The number of likely N-dealkylation sites (N-methyl/N-ethyl adjacent to an activating group) is 1. The number of sulfonamides is 1. The number of nitrogens with zero attached hydrogens (tertiary/aromatic N) is 3.